The zero-order chi connectivity index (χ0) is 21.1. The number of halogens is 1. The fourth-order valence-electron chi connectivity index (χ4n) is 4.34. The van der Waals surface area contributed by atoms with Gasteiger partial charge in [0.15, 0.2) is 5.75 Å². The predicted molar refractivity (Wildman–Crippen MR) is 119 cm³/mol. The van der Waals surface area contributed by atoms with Crippen LogP contribution in [0.5, 0.6) is 5.75 Å². The molecule has 1 aliphatic carbocycles. The molecule has 5 heteroatoms. The molecule has 1 amide bonds. The highest BCUT2D eigenvalue weighted by Gasteiger charge is 2.32. The van der Waals surface area contributed by atoms with Crippen LogP contribution in [0.3, 0.4) is 0 Å². The molecule has 1 aromatic heterocycles. The first-order valence-corrected chi connectivity index (χ1v) is 10.7. The molecule has 153 valence electrons. The molecule has 1 aliphatic rings. The second kappa shape index (κ2) is 8.88. The summed E-state index contributed by atoms with van der Waals surface area (Å²) in [6, 6.07) is 14.9. The number of aromatic nitrogens is 1. The number of carbonyl (C=O) groups is 1. The standard InChI is InChI=1S/C25H24ClN2O2/c1-16-22(7-4-8-23(16)29)28-25(30)24(18-5-2-3-6-18)19-11-9-17(10-12-19)20-13-21(26)15-27-14-20/h4,7-15,18,24H,2-3,5-6H2,1H3,(H,28,30)/t24-/m1/s1. The van der Waals surface area contributed by atoms with Crippen molar-refractivity contribution in [2.24, 2.45) is 5.92 Å². The molecule has 1 saturated carbocycles. The number of amides is 1. The third-order valence-electron chi connectivity index (χ3n) is 6.00. The van der Waals surface area contributed by atoms with Gasteiger partial charge in [0.25, 0.3) is 0 Å². The first kappa shape index (κ1) is 20.4. The van der Waals surface area contributed by atoms with Crippen LogP contribution in [-0.4, -0.2) is 10.9 Å². The van der Waals surface area contributed by atoms with Crippen LogP contribution in [0.1, 0.15) is 42.7 Å². The van der Waals surface area contributed by atoms with E-state index in [2.05, 4.69) is 10.3 Å². The Kier molecular flexibility index (Phi) is 6.05. The van der Waals surface area contributed by atoms with Crippen LogP contribution in [0.4, 0.5) is 5.69 Å². The van der Waals surface area contributed by atoms with E-state index < -0.39 is 0 Å². The third kappa shape index (κ3) is 4.34. The molecule has 1 heterocycles. The number of anilines is 1. The molecule has 0 saturated heterocycles. The van der Waals surface area contributed by atoms with Crippen molar-refractivity contribution in [3.63, 3.8) is 0 Å². The minimum absolute atomic E-state index is 0.0484. The summed E-state index contributed by atoms with van der Waals surface area (Å²) in [6.07, 6.45) is 7.77. The molecular weight excluding hydrogens is 396 g/mol. The molecule has 0 unspecified atom stereocenters. The molecule has 0 spiro atoms. The van der Waals surface area contributed by atoms with E-state index in [1.807, 2.05) is 30.3 Å². The monoisotopic (exact) mass is 419 g/mol. The molecule has 4 rings (SSSR count). The lowest BCUT2D eigenvalue weighted by Crippen LogP contribution is -2.26. The highest BCUT2D eigenvalue weighted by Crippen LogP contribution is 2.39. The first-order valence-electron chi connectivity index (χ1n) is 10.3. The lowest BCUT2D eigenvalue weighted by atomic mass is 9.83. The molecule has 0 aliphatic heterocycles. The van der Waals surface area contributed by atoms with Crippen molar-refractivity contribution in [3.8, 4) is 16.9 Å². The zero-order valence-corrected chi connectivity index (χ0v) is 17.7. The van der Waals surface area contributed by atoms with E-state index in [-0.39, 0.29) is 17.6 Å². The molecule has 0 bridgehead atoms. The topological polar surface area (TPSA) is 61.9 Å². The lowest BCUT2D eigenvalue weighted by Gasteiger charge is -2.24. The smallest absolute Gasteiger partial charge is 0.232 e. The van der Waals surface area contributed by atoms with E-state index in [0.29, 0.717) is 22.2 Å². The predicted octanol–water partition coefficient (Wildman–Crippen LogP) is 6.77. The van der Waals surface area contributed by atoms with E-state index in [0.717, 1.165) is 42.4 Å². The van der Waals surface area contributed by atoms with Gasteiger partial charge in [-0.2, -0.15) is 0 Å². The van der Waals surface area contributed by atoms with Gasteiger partial charge in [0.1, 0.15) is 0 Å². The van der Waals surface area contributed by atoms with Gasteiger partial charge in [-0.1, -0.05) is 54.8 Å². The molecule has 4 nitrogen and oxygen atoms in total. The maximum atomic E-state index is 13.3. The second-order valence-electron chi connectivity index (χ2n) is 7.95. The van der Waals surface area contributed by atoms with Crippen LogP contribution in [0, 0.1) is 12.8 Å². The van der Waals surface area contributed by atoms with E-state index in [1.165, 1.54) is 6.07 Å². The number of rotatable bonds is 5. The first-order chi connectivity index (χ1) is 14.5. The van der Waals surface area contributed by atoms with Crippen LogP contribution in [0.25, 0.3) is 11.1 Å². The number of benzene rings is 2. The van der Waals surface area contributed by atoms with Crippen molar-refractivity contribution in [1.29, 1.82) is 0 Å². The van der Waals surface area contributed by atoms with Crippen LogP contribution in [-0.2, 0) is 9.90 Å². The summed E-state index contributed by atoms with van der Waals surface area (Å²) >= 11 is 6.07. The van der Waals surface area contributed by atoms with E-state index in [4.69, 9.17) is 11.6 Å². The molecule has 30 heavy (non-hydrogen) atoms. The van der Waals surface area contributed by atoms with Gasteiger partial charge in [-0.25, -0.2) is 0 Å². The number of nitrogens with one attached hydrogen (secondary N) is 1. The molecule has 1 fully saturated rings. The average Bonchev–Trinajstić information content (AvgIpc) is 3.26. The van der Waals surface area contributed by atoms with E-state index in [9.17, 15) is 9.90 Å². The molecule has 2 aromatic carbocycles. The SMILES string of the molecule is Cc1c([O])cccc1NC(=O)[C@@H](c1ccc(-c2cncc(Cl)c2)cc1)C1CCCC1. The summed E-state index contributed by atoms with van der Waals surface area (Å²) in [5.74, 6) is -0.0503. The third-order valence-corrected chi connectivity index (χ3v) is 6.21. The summed E-state index contributed by atoms with van der Waals surface area (Å²) in [6.45, 7) is 1.75. The van der Waals surface area contributed by atoms with E-state index in [1.54, 1.807) is 31.5 Å². The summed E-state index contributed by atoms with van der Waals surface area (Å²) in [5, 5.41) is 15.6. The molecule has 1 N–H and O–H groups in total. The minimum atomic E-state index is -0.242. The Bertz CT molecular complexity index is 1040. The number of pyridine rings is 1. The average molecular weight is 420 g/mol. The lowest BCUT2D eigenvalue weighted by molar-refractivity contribution is -0.118. The van der Waals surface area contributed by atoms with Crippen molar-refractivity contribution < 1.29 is 9.90 Å². The fourth-order valence-corrected chi connectivity index (χ4v) is 4.52. The molecule has 1 radical (unpaired) electrons. The summed E-state index contributed by atoms with van der Waals surface area (Å²) in [4.78, 5) is 17.5. The molecule has 3 aromatic rings. The Morgan fingerprint density at radius 1 is 1.07 bits per heavy atom. The van der Waals surface area contributed by atoms with Crippen LogP contribution < -0.4 is 5.32 Å². The maximum absolute atomic E-state index is 13.3. The van der Waals surface area contributed by atoms with Gasteiger partial charge in [-0.3, -0.25) is 14.9 Å². The highest BCUT2D eigenvalue weighted by atomic mass is 35.5. The summed E-state index contributed by atoms with van der Waals surface area (Å²) < 4.78 is 0. The molecular formula is C25H24ClN2O2. The van der Waals surface area contributed by atoms with Crippen molar-refractivity contribution in [2.45, 2.75) is 38.5 Å². The maximum Gasteiger partial charge on any atom is 0.232 e. The fraction of sp³-hybridized carbons (Fsp3) is 0.280. The highest BCUT2D eigenvalue weighted by molar-refractivity contribution is 6.30. The number of nitrogens with zero attached hydrogens (tertiary/aromatic N) is 1. The Morgan fingerprint density at radius 2 is 1.80 bits per heavy atom. The van der Waals surface area contributed by atoms with Crippen LogP contribution in [0.2, 0.25) is 5.02 Å². The summed E-state index contributed by atoms with van der Waals surface area (Å²) in [7, 11) is 0. The van der Waals surface area contributed by atoms with Crippen molar-refractivity contribution >= 4 is 23.2 Å². The normalized spacial score (nSPS) is 15.1. The Labute approximate surface area is 181 Å². The van der Waals surface area contributed by atoms with Crippen LogP contribution in [0.15, 0.2) is 60.9 Å². The van der Waals surface area contributed by atoms with Gasteiger partial charge in [-0.15, -0.1) is 0 Å². The van der Waals surface area contributed by atoms with E-state index >= 15 is 0 Å². The Hall–Kier alpha value is -2.85. The van der Waals surface area contributed by atoms with Crippen molar-refractivity contribution in [2.75, 3.05) is 5.32 Å². The number of hydrogen-bond acceptors (Lipinski definition) is 2. The van der Waals surface area contributed by atoms with Gasteiger partial charge < -0.3 is 5.32 Å². The van der Waals surface area contributed by atoms with Gasteiger partial charge >= 0.3 is 0 Å². The Balaban J connectivity index is 1.62. The summed E-state index contributed by atoms with van der Waals surface area (Å²) in [5.41, 5.74) is 4.11. The number of carbonyl (C=O) groups excluding carboxylic acids is 1. The quantitative estimate of drug-likeness (QED) is 0.496. The molecule has 1 atom stereocenters. The van der Waals surface area contributed by atoms with Crippen molar-refractivity contribution in [3.05, 3.63) is 77.1 Å². The zero-order valence-electron chi connectivity index (χ0n) is 16.9. The van der Waals surface area contributed by atoms with Gasteiger partial charge in [0.05, 0.1) is 10.9 Å². The minimum Gasteiger partial charge on any atom is -0.325 e. The van der Waals surface area contributed by atoms with Crippen LogP contribution >= 0.6 is 11.6 Å². The Morgan fingerprint density at radius 3 is 2.50 bits per heavy atom. The van der Waals surface area contributed by atoms with Crippen molar-refractivity contribution in [1.82, 2.24) is 4.98 Å². The number of hydrogen-bond donors (Lipinski definition) is 1. The van der Waals surface area contributed by atoms with Gasteiger partial charge in [0.2, 0.25) is 5.91 Å². The van der Waals surface area contributed by atoms with Gasteiger partial charge in [-0.05, 0) is 55.0 Å². The largest absolute Gasteiger partial charge is 0.325 e. The second-order valence-corrected chi connectivity index (χ2v) is 8.39. The van der Waals surface area contributed by atoms with Gasteiger partial charge in [0, 0.05) is 29.2 Å².